The van der Waals surface area contributed by atoms with Gasteiger partial charge in [-0.25, -0.2) is 4.79 Å². The topological polar surface area (TPSA) is 79.2 Å². The smallest absolute Gasteiger partial charge is 0.407 e. The lowest BCUT2D eigenvalue weighted by atomic mass is 9.86. The van der Waals surface area contributed by atoms with Gasteiger partial charge in [-0.2, -0.15) is 0 Å². The Hall–Kier alpha value is -1.63. The second-order valence-corrected chi connectivity index (χ2v) is 5.03. The Bertz CT molecular complexity index is 475. The number of β-amino-alcohol motifs (C(OH)–C–C–N with tert-alkyl or cyclic N) is 1. The Kier molecular flexibility index (Phi) is 4.82. The van der Waals surface area contributed by atoms with Crippen molar-refractivity contribution in [2.24, 2.45) is 0 Å². The van der Waals surface area contributed by atoms with Gasteiger partial charge in [0.1, 0.15) is 5.60 Å². The van der Waals surface area contributed by atoms with Crippen LogP contribution in [0.15, 0.2) is 24.3 Å². The molecule has 1 aliphatic rings. The Balaban J connectivity index is 2.07. The molecule has 1 aliphatic heterocycles. The second kappa shape index (κ2) is 6.43. The van der Waals surface area contributed by atoms with E-state index in [1.807, 2.05) is 26.0 Å². The molecule has 1 aromatic rings. The first kappa shape index (κ1) is 15.8. The summed E-state index contributed by atoms with van der Waals surface area (Å²) < 4.78 is 11.0. The van der Waals surface area contributed by atoms with Crippen molar-refractivity contribution in [1.29, 1.82) is 0 Å². The molecule has 1 fully saturated rings. The Labute approximate surface area is 123 Å². The van der Waals surface area contributed by atoms with Crippen molar-refractivity contribution in [2.45, 2.75) is 25.7 Å². The van der Waals surface area contributed by atoms with E-state index in [-0.39, 0.29) is 13.1 Å². The maximum atomic E-state index is 10.8. The first-order valence-electron chi connectivity index (χ1n) is 7.04. The molecule has 0 radical (unpaired) electrons. The van der Waals surface area contributed by atoms with Crippen LogP contribution in [-0.4, -0.2) is 47.5 Å². The lowest BCUT2D eigenvalue weighted by Gasteiger charge is -2.45. The quantitative estimate of drug-likeness (QED) is 0.784. The monoisotopic (exact) mass is 295 g/mol. The van der Waals surface area contributed by atoms with E-state index in [2.05, 4.69) is 0 Å². The van der Waals surface area contributed by atoms with Crippen LogP contribution in [0.3, 0.4) is 0 Å². The first-order chi connectivity index (χ1) is 10.00. The number of benzene rings is 1. The van der Waals surface area contributed by atoms with E-state index in [0.29, 0.717) is 18.8 Å². The summed E-state index contributed by atoms with van der Waals surface area (Å²) in [6.45, 7) is 5.09. The molecule has 0 aromatic heterocycles. The van der Waals surface area contributed by atoms with Gasteiger partial charge in [0.2, 0.25) is 0 Å². The van der Waals surface area contributed by atoms with E-state index < -0.39 is 18.0 Å². The van der Waals surface area contributed by atoms with Gasteiger partial charge >= 0.3 is 6.09 Å². The zero-order valence-electron chi connectivity index (χ0n) is 12.3. The summed E-state index contributed by atoms with van der Waals surface area (Å²) >= 11 is 0. The summed E-state index contributed by atoms with van der Waals surface area (Å²) in [6.07, 6.45) is -1.43. The van der Waals surface area contributed by atoms with Crippen LogP contribution in [0.4, 0.5) is 4.79 Å². The van der Waals surface area contributed by atoms with E-state index >= 15 is 0 Å². The molecule has 116 valence electrons. The highest BCUT2D eigenvalue weighted by atomic mass is 16.7. The van der Waals surface area contributed by atoms with Gasteiger partial charge in [-0.3, -0.25) is 0 Å². The third-order valence-electron chi connectivity index (χ3n) is 3.53. The molecule has 0 spiro atoms. The molecule has 0 atom stereocenters. The number of amides is 1. The van der Waals surface area contributed by atoms with E-state index in [1.165, 1.54) is 4.90 Å². The van der Waals surface area contributed by atoms with Crippen molar-refractivity contribution in [1.82, 2.24) is 4.90 Å². The van der Waals surface area contributed by atoms with Gasteiger partial charge in [-0.05, 0) is 19.4 Å². The average Bonchev–Trinajstić information content (AvgIpc) is 2.43. The van der Waals surface area contributed by atoms with Crippen LogP contribution in [-0.2, 0) is 15.1 Å². The number of aliphatic hydroxyl groups is 1. The maximum absolute atomic E-state index is 10.8. The number of likely N-dealkylation sites (tertiary alicyclic amines) is 1. The molecule has 0 unspecified atom stereocenters. The van der Waals surface area contributed by atoms with Crippen LogP contribution in [0.2, 0.25) is 0 Å². The fourth-order valence-corrected chi connectivity index (χ4v) is 2.40. The molecule has 1 heterocycles. The Morgan fingerprint density at radius 2 is 1.76 bits per heavy atom. The minimum atomic E-state index is -1.09. The third-order valence-corrected chi connectivity index (χ3v) is 3.53. The summed E-state index contributed by atoms with van der Waals surface area (Å²) in [5.74, 6) is 0. The second-order valence-electron chi connectivity index (χ2n) is 5.03. The Morgan fingerprint density at radius 3 is 2.19 bits per heavy atom. The molecule has 21 heavy (non-hydrogen) atoms. The molecule has 6 nitrogen and oxygen atoms in total. The molecule has 1 saturated heterocycles. The molecule has 1 aromatic carbocycles. The van der Waals surface area contributed by atoms with Gasteiger partial charge in [-0.1, -0.05) is 24.3 Å². The maximum Gasteiger partial charge on any atom is 0.407 e. The first-order valence-corrected chi connectivity index (χ1v) is 7.04. The number of carbonyl (C=O) groups is 1. The molecule has 0 bridgehead atoms. The van der Waals surface area contributed by atoms with E-state index in [0.717, 1.165) is 5.56 Å². The van der Waals surface area contributed by atoms with E-state index in [9.17, 15) is 9.90 Å². The predicted molar refractivity (Wildman–Crippen MR) is 75.9 cm³/mol. The van der Waals surface area contributed by atoms with Crippen LogP contribution in [0, 0.1) is 0 Å². The predicted octanol–water partition coefficient (Wildman–Crippen LogP) is 1.94. The van der Waals surface area contributed by atoms with Gasteiger partial charge in [0.05, 0.1) is 13.1 Å². The zero-order chi connectivity index (χ0) is 15.5. The lowest BCUT2D eigenvalue weighted by molar-refractivity contribution is -0.140. The molecule has 1 amide bonds. The Morgan fingerprint density at radius 1 is 1.24 bits per heavy atom. The van der Waals surface area contributed by atoms with Crippen molar-refractivity contribution in [3.63, 3.8) is 0 Å². The van der Waals surface area contributed by atoms with Crippen molar-refractivity contribution in [2.75, 3.05) is 26.3 Å². The largest absolute Gasteiger partial charge is 0.465 e. The summed E-state index contributed by atoms with van der Waals surface area (Å²) in [5.41, 5.74) is 0.486. The highest BCUT2D eigenvalue weighted by Crippen LogP contribution is 2.32. The van der Waals surface area contributed by atoms with Crippen LogP contribution >= 0.6 is 0 Å². The highest BCUT2D eigenvalue weighted by Gasteiger charge is 2.45. The molecule has 0 aliphatic carbocycles. The number of nitrogens with zero attached hydrogens (tertiary/aromatic N) is 1. The fraction of sp³-hybridized carbons (Fsp3) is 0.533. The fourth-order valence-electron chi connectivity index (χ4n) is 2.40. The minimum absolute atomic E-state index is 0.0992. The zero-order valence-corrected chi connectivity index (χ0v) is 12.3. The van der Waals surface area contributed by atoms with Gasteiger partial charge < -0.3 is 24.6 Å². The molecule has 2 rings (SSSR count). The lowest BCUT2D eigenvalue weighted by Crippen LogP contribution is -2.60. The molecule has 0 saturated carbocycles. The van der Waals surface area contributed by atoms with Crippen molar-refractivity contribution >= 4 is 6.09 Å². The third kappa shape index (κ3) is 3.34. The number of ether oxygens (including phenoxy) is 2. The summed E-state index contributed by atoms with van der Waals surface area (Å²) in [6, 6.07) is 7.26. The number of carboxylic acid groups (broad SMARTS) is 1. The SMILES string of the molecule is CCOC(OCC)c1ccc(C2(O)CN(C(=O)O)C2)cc1. The van der Waals surface area contributed by atoms with Crippen LogP contribution in [0.5, 0.6) is 0 Å². The minimum Gasteiger partial charge on any atom is -0.465 e. The van der Waals surface area contributed by atoms with E-state index in [4.69, 9.17) is 14.6 Å². The van der Waals surface area contributed by atoms with Gasteiger partial charge in [0, 0.05) is 18.8 Å². The molecular weight excluding hydrogens is 274 g/mol. The van der Waals surface area contributed by atoms with Crippen molar-refractivity contribution < 1.29 is 24.5 Å². The summed E-state index contributed by atoms with van der Waals surface area (Å²) in [4.78, 5) is 11.9. The van der Waals surface area contributed by atoms with Crippen molar-refractivity contribution in [3.05, 3.63) is 35.4 Å². The van der Waals surface area contributed by atoms with Crippen LogP contribution < -0.4 is 0 Å². The van der Waals surface area contributed by atoms with Gasteiger partial charge in [0.25, 0.3) is 0 Å². The molecule has 2 N–H and O–H groups in total. The summed E-state index contributed by atoms with van der Waals surface area (Å²) in [5, 5.41) is 19.2. The highest BCUT2D eigenvalue weighted by molar-refractivity contribution is 5.67. The number of hydrogen-bond donors (Lipinski definition) is 2. The van der Waals surface area contributed by atoms with Crippen molar-refractivity contribution in [3.8, 4) is 0 Å². The normalized spacial score (nSPS) is 16.9. The molecule has 6 heteroatoms. The number of hydrogen-bond acceptors (Lipinski definition) is 4. The van der Waals surface area contributed by atoms with E-state index in [1.54, 1.807) is 12.1 Å². The average molecular weight is 295 g/mol. The number of rotatable bonds is 6. The summed E-state index contributed by atoms with van der Waals surface area (Å²) in [7, 11) is 0. The standard InChI is InChI=1S/C15H21NO5/c1-3-20-13(21-4-2)11-5-7-12(8-6-11)15(19)9-16(10-15)14(17)18/h5-8,13,19H,3-4,9-10H2,1-2H3,(H,17,18). The van der Waals surface area contributed by atoms with Crippen LogP contribution in [0.1, 0.15) is 31.3 Å². The van der Waals surface area contributed by atoms with Gasteiger partial charge in [0.15, 0.2) is 6.29 Å². The van der Waals surface area contributed by atoms with Gasteiger partial charge in [-0.15, -0.1) is 0 Å². The van der Waals surface area contributed by atoms with Crippen LogP contribution in [0.25, 0.3) is 0 Å². The molecular formula is C15H21NO5.